The maximum absolute atomic E-state index is 12.6. The topological polar surface area (TPSA) is 59.3 Å². The van der Waals surface area contributed by atoms with E-state index in [0.29, 0.717) is 11.3 Å². The molecule has 3 rings (SSSR count). The van der Waals surface area contributed by atoms with Gasteiger partial charge in [-0.2, -0.15) is 13.2 Å². The number of nitrogens with one attached hydrogen (secondary N) is 1. The zero-order valence-electron chi connectivity index (χ0n) is 11.0. The van der Waals surface area contributed by atoms with Crippen molar-refractivity contribution in [2.24, 2.45) is 0 Å². The molecular weight excluding hydrogens is 297 g/mol. The Kier molecular flexibility index (Phi) is 3.28. The zero-order valence-corrected chi connectivity index (χ0v) is 11.0. The number of amides is 1. The molecule has 0 unspecified atom stereocenters. The lowest BCUT2D eigenvalue weighted by Crippen LogP contribution is -2.14. The van der Waals surface area contributed by atoms with Crippen molar-refractivity contribution >= 4 is 17.2 Å². The Morgan fingerprint density at radius 1 is 1.18 bits per heavy atom. The van der Waals surface area contributed by atoms with Gasteiger partial charge in [-0.1, -0.05) is 6.07 Å². The number of fused-ring (bicyclic) bond motifs is 1. The Morgan fingerprint density at radius 3 is 2.77 bits per heavy atom. The summed E-state index contributed by atoms with van der Waals surface area (Å²) in [6, 6.07) is 7.47. The lowest BCUT2D eigenvalue weighted by atomic mass is 10.1. The Labute approximate surface area is 122 Å². The predicted molar refractivity (Wildman–Crippen MR) is 72.4 cm³/mol. The average Bonchev–Trinajstić information content (AvgIpc) is 2.94. The molecule has 112 valence electrons. The minimum absolute atomic E-state index is 0.0707. The molecule has 0 bridgehead atoms. The summed E-state index contributed by atoms with van der Waals surface area (Å²) >= 11 is 0. The van der Waals surface area contributed by atoms with E-state index in [0.717, 1.165) is 12.1 Å². The summed E-state index contributed by atoms with van der Waals surface area (Å²) in [6.45, 7) is 0. The summed E-state index contributed by atoms with van der Waals surface area (Å²) in [6.07, 6.45) is -1.46. The first kappa shape index (κ1) is 14.1. The number of rotatable bonds is 2. The lowest BCUT2D eigenvalue weighted by Gasteiger charge is -2.09. The van der Waals surface area contributed by atoms with Crippen LogP contribution in [0.15, 0.2) is 48.9 Å². The Bertz CT molecular complexity index is 841. The fourth-order valence-corrected chi connectivity index (χ4v) is 1.94. The number of carbonyl (C=O) groups is 1. The number of benzene rings is 1. The van der Waals surface area contributed by atoms with Gasteiger partial charge in [0.1, 0.15) is 6.33 Å². The zero-order chi connectivity index (χ0) is 15.7. The number of alkyl halides is 3. The summed E-state index contributed by atoms with van der Waals surface area (Å²) in [7, 11) is 0. The molecule has 0 saturated carbocycles. The second-order valence-electron chi connectivity index (χ2n) is 4.55. The molecule has 8 heteroatoms. The van der Waals surface area contributed by atoms with E-state index in [1.165, 1.54) is 18.5 Å². The fourth-order valence-electron chi connectivity index (χ4n) is 1.94. The van der Waals surface area contributed by atoms with Crippen LogP contribution in [0.1, 0.15) is 15.9 Å². The molecule has 0 radical (unpaired) electrons. The third-order valence-corrected chi connectivity index (χ3v) is 3.00. The number of hydrogen-bond acceptors (Lipinski definition) is 3. The van der Waals surface area contributed by atoms with E-state index in [1.54, 1.807) is 22.7 Å². The monoisotopic (exact) mass is 306 g/mol. The molecule has 1 N–H and O–H groups in total. The highest BCUT2D eigenvalue weighted by molar-refractivity contribution is 6.04. The van der Waals surface area contributed by atoms with Gasteiger partial charge in [-0.3, -0.25) is 9.20 Å². The Hall–Kier alpha value is -2.90. The van der Waals surface area contributed by atoms with Gasteiger partial charge in [0.25, 0.3) is 5.91 Å². The van der Waals surface area contributed by atoms with Crippen LogP contribution in [0, 0.1) is 0 Å². The van der Waals surface area contributed by atoms with E-state index in [4.69, 9.17) is 0 Å². The molecule has 0 aliphatic heterocycles. The maximum Gasteiger partial charge on any atom is 0.416 e. The van der Waals surface area contributed by atoms with Gasteiger partial charge in [0.15, 0.2) is 5.65 Å². The van der Waals surface area contributed by atoms with Crippen molar-refractivity contribution in [2.75, 3.05) is 5.32 Å². The van der Waals surface area contributed by atoms with Crippen LogP contribution in [0.5, 0.6) is 0 Å². The average molecular weight is 306 g/mol. The van der Waals surface area contributed by atoms with Crippen LogP contribution >= 0.6 is 0 Å². The highest BCUT2D eigenvalue weighted by atomic mass is 19.4. The van der Waals surface area contributed by atoms with Crippen molar-refractivity contribution in [1.29, 1.82) is 0 Å². The first-order valence-electron chi connectivity index (χ1n) is 6.21. The normalized spacial score (nSPS) is 11.6. The van der Waals surface area contributed by atoms with Crippen molar-refractivity contribution in [3.8, 4) is 0 Å². The summed E-state index contributed by atoms with van der Waals surface area (Å²) in [5.41, 5.74) is 0.0832. The van der Waals surface area contributed by atoms with Crippen LogP contribution in [0.4, 0.5) is 18.9 Å². The van der Waals surface area contributed by atoms with Gasteiger partial charge < -0.3 is 5.32 Å². The largest absolute Gasteiger partial charge is 0.416 e. The lowest BCUT2D eigenvalue weighted by molar-refractivity contribution is -0.137. The molecule has 0 aliphatic rings. The third kappa shape index (κ3) is 2.76. The van der Waals surface area contributed by atoms with Gasteiger partial charge >= 0.3 is 6.18 Å². The van der Waals surface area contributed by atoms with Gasteiger partial charge in [-0.05, 0) is 30.3 Å². The fraction of sp³-hybridized carbons (Fsp3) is 0.0714. The van der Waals surface area contributed by atoms with Crippen LogP contribution < -0.4 is 5.32 Å². The number of pyridine rings is 1. The van der Waals surface area contributed by atoms with E-state index in [9.17, 15) is 18.0 Å². The molecule has 1 amide bonds. The van der Waals surface area contributed by atoms with Crippen LogP contribution in [0.2, 0.25) is 0 Å². The van der Waals surface area contributed by atoms with E-state index in [2.05, 4.69) is 15.5 Å². The maximum atomic E-state index is 12.6. The molecule has 0 fully saturated rings. The van der Waals surface area contributed by atoms with E-state index < -0.39 is 17.6 Å². The predicted octanol–water partition coefficient (Wildman–Crippen LogP) is 3.00. The molecule has 2 aromatic heterocycles. The highest BCUT2D eigenvalue weighted by Crippen LogP contribution is 2.29. The van der Waals surface area contributed by atoms with Crippen molar-refractivity contribution in [2.45, 2.75) is 6.18 Å². The number of aromatic nitrogens is 3. The summed E-state index contributed by atoms with van der Waals surface area (Å²) in [4.78, 5) is 12.0. The van der Waals surface area contributed by atoms with Gasteiger partial charge in [0.05, 0.1) is 11.3 Å². The molecule has 2 heterocycles. The minimum atomic E-state index is -4.49. The van der Waals surface area contributed by atoms with Crippen molar-refractivity contribution in [3.05, 3.63) is 60.0 Å². The molecule has 0 spiro atoms. The number of halogens is 3. The quantitative estimate of drug-likeness (QED) is 0.792. The molecule has 0 aliphatic carbocycles. The Balaban J connectivity index is 1.85. The minimum Gasteiger partial charge on any atom is -0.321 e. The Morgan fingerprint density at radius 2 is 2.00 bits per heavy atom. The van der Waals surface area contributed by atoms with Crippen LogP contribution in [-0.2, 0) is 6.18 Å². The second-order valence-corrected chi connectivity index (χ2v) is 4.55. The first-order chi connectivity index (χ1) is 10.4. The van der Waals surface area contributed by atoms with Crippen LogP contribution in [0.3, 0.4) is 0 Å². The van der Waals surface area contributed by atoms with Crippen LogP contribution in [0.25, 0.3) is 5.65 Å². The molecule has 5 nitrogen and oxygen atoms in total. The molecule has 1 aromatic carbocycles. The first-order valence-corrected chi connectivity index (χ1v) is 6.21. The standard InChI is InChI=1S/C14H9F3N4O/c15-14(16,17)10-3-1-2-9(6-10)13(22)19-11-4-5-12-20-18-8-21(12)7-11/h1-8H,(H,19,22). The SMILES string of the molecule is O=C(Nc1ccc2nncn2c1)c1cccc(C(F)(F)F)c1. The van der Waals surface area contributed by atoms with Crippen molar-refractivity contribution in [3.63, 3.8) is 0 Å². The molecule has 0 saturated heterocycles. The van der Waals surface area contributed by atoms with Gasteiger partial charge in [0, 0.05) is 11.8 Å². The number of anilines is 1. The molecule has 22 heavy (non-hydrogen) atoms. The van der Waals surface area contributed by atoms with Crippen molar-refractivity contribution in [1.82, 2.24) is 14.6 Å². The van der Waals surface area contributed by atoms with Gasteiger partial charge in [-0.25, -0.2) is 0 Å². The third-order valence-electron chi connectivity index (χ3n) is 3.00. The summed E-state index contributed by atoms with van der Waals surface area (Å²) in [5, 5.41) is 10.0. The van der Waals surface area contributed by atoms with Gasteiger partial charge in [-0.15, -0.1) is 10.2 Å². The molecular formula is C14H9F3N4O. The molecule has 0 atom stereocenters. The van der Waals surface area contributed by atoms with E-state index >= 15 is 0 Å². The van der Waals surface area contributed by atoms with E-state index in [-0.39, 0.29) is 5.56 Å². The summed E-state index contributed by atoms with van der Waals surface area (Å²) < 4.78 is 39.5. The van der Waals surface area contributed by atoms with E-state index in [1.807, 2.05) is 0 Å². The highest BCUT2D eigenvalue weighted by Gasteiger charge is 2.30. The number of hydrogen-bond donors (Lipinski definition) is 1. The second kappa shape index (κ2) is 5.14. The number of nitrogens with zero attached hydrogens (tertiary/aromatic N) is 3. The number of carbonyl (C=O) groups excluding carboxylic acids is 1. The smallest absolute Gasteiger partial charge is 0.321 e. The van der Waals surface area contributed by atoms with Crippen LogP contribution in [-0.4, -0.2) is 20.5 Å². The molecule has 3 aromatic rings. The summed E-state index contributed by atoms with van der Waals surface area (Å²) in [5.74, 6) is -0.626. The van der Waals surface area contributed by atoms with Gasteiger partial charge in [0.2, 0.25) is 0 Å². The van der Waals surface area contributed by atoms with Crippen molar-refractivity contribution < 1.29 is 18.0 Å².